The van der Waals surface area contributed by atoms with E-state index < -0.39 is 0 Å². The van der Waals surface area contributed by atoms with E-state index in [1.54, 1.807) is 0 Å². The average molecular weight is 290 g/mol. The number of hydrogen-bond donors (Lipinski definition) is 3. The number of hydrogen-bond acceptors (Lipinski definition) is 3. The van der Waals surface area contributed by atoms with E-state index in [2.05, 4.69) is 10.6 Å². The maximum atomic E-state index is 11.7. The summed E-state index contributed by atoms with van der Waals surface area (Å²) in [6.45, 7) is 0.944. The van der Waals surface area contributed by atoms with Crippen molar-refractivity contribution >= 4 is 11.8 Å². The summed E-state index contributed by atoms with van der Waals surface area (Å²) in [6.07, 6.45) is 3.03. The SMILES string of the molecule is O=C(CCCNC(=O)C1CC1)NCc1ccccc1CO. The Morgan fingerprint density at radius 1 is 1.14 bits per heavy atom. The smallest absolute Gasteiger partial charge is 0.223 e. The van der Waals surface area contributed by atoms with Crippen molar-refractivity contribution in [1.29, 1.82) is 0 Å². The van der Waals surface area contributed by atoms with Crippen LogP contribution in [0.2, 0.25) is 0 Å². The van der Waals surface area contributed by atoms with Gasteiger partial charge < -0.3 is 15.7 Å². The number of carbonyl (C=O) groups is 2. The van der Waals surface area contributed by atoms with E-state index in [0.29, 0.717) is 25.9 Å². The molecule has 0 aromatic heterocycles. The Kier molecular flexibility index (Phi) is 5.75. The van der Waals surface area contributed by atoms with Gasteiger partial charge in [-0.15, -0.1) is 0 Å². The van der Waals surface area contributed by atoms with Crippen LogP contribution < -0.4 is 10.6 Å². The van der Waals surface area contributed by atoms with Crippen molar-refractivity contribution in [3.63, 3.8) is 0 Å². The number of amides is 2. The predicted octanol–water partition coefficient (Wildman–Crippen LogP) is 1.10. The normalized spacial score (nSPS) is 13.8. The zero-order chi connectivity index (χ0) is 15.1. The Labute approximate surface area is 124 Å². The molecule has 0 bridgehead atoms. The van der Waals surface area contributed by atoms with Crippen molar-refractivity contribution in [3.8, 4) is 0 Å². The lowest BCUT2D eigenvalue weighted by Crippen LogP contribution is -2.28. The maximum Gasteiger partial charge on any atom is 0.223 e. The highest BCUT2D eigenvalue weighted by Gasteiger charge is 2.28. The van der Waals surface area contributed by atoms with Crippen LogP contribution in [0, 0.1) is 5.92 Å². The third kappa shape index (κ3) is 5.19. The van der Waals surface area contributed by atoms with E-state index in [-0.39, 0.29) is 24.3 Å². The van der Waals surface area contributed by atoms with Crippen LogP contribution in [0.15, 0.2) is 24.3 Å². The minimum atomic E-state index is -0.0385. The lowest BCUT2D eigenvalue weighted by molar-refractivity contribution is -0.123. The molecule has 1 fully saturated rings. The fraction of sp³-hybridized carbons (Fsp3) is 0.500. The molecular weight excluding hydrogens is 268 g/mol. The highest BCUT2D eigenvalue weighted by atomic mass is 16.3. The van der Waals surface area contributed by atoms with Crippen molar-refractivity contribution < 1.29 is 14.7 Å². The molecule has 2 rings (SSSR count). The molecule has 0 aliphatic heterocycles. The van der Waals surface area contributed by atoms with Crippen molar-refractivity contribution in [1.82, 2.24) is 10.6 Å². The van der Waals surface area contributed by atoms with Crippen molar-refractivity contribution in [2.24, 2.45) is 5.92 Å². The number of aliphatic hydroxyl groups excluding tert-OH is 1. The fourth-order valence-corrected chi connectivity index (χ4v) is 2.12. The second-order valence-electron chi connectivity index (χ2n) is 5.37. The van der Waals surface area contributed by atoms with Gasteiger partial charge in [0, 0.05) is 25.4 Å². The second-order valence-corrected chi connectivity index (χ2v) is 5.37. The highest BCUT2D eigenvalue weighted by Crippen LogP contribution is 2.28. The Bertz CT molecular complexity index is 498. The van der Waals surface area contributed by atoms with Gasteiger partial charge in [-0.25, -0.2) is 0 Å². The molecule has 0 saturated heterocycles. The number of nitrogens with one attached hydrogen (secondary N) is 2. The summed E-state index contributed by atoms with van der Waals surface area (Å²) in [6, 6.07) is 7.48. The quantitative estimate of drug-likeness (QED) is 0.627. The molecule has 0 unspecified atom stereocenters. The summed E-state index contributed by atoms with van der Waals surface area (Å²) in [5.41, 5.74) is 1.75. The van der Waals surface area contributed by atoms with Gasteiger partial charge in [-0.3, -0.25) is 9.59 Å². The Balaban J connectivity index is 1.61. The molecule has 114 valence electrons. The zero-order valence-corrected chi connectivity index (χ0v) is 12.1. The first-order chi connectivity index (χ1) is 10.2. The third-order valence-corrected chi connectivity index (χ3v) is 3.59. The molecule has 3 N–H and O–H groups in total. The first-order valence-electron chi connectivity index (χ1n) is 7.42. The largest absolute Gasteiger partial charge is 0.392 e. The molecule has 0 atom stereocenters. The molecule has 1 aromatic carbocycles. The number of benzene rings is 1. The number of aliphatic hydroxyl groups is 1. The standard InChI is InChI=1S/C16H22N2O3/c19-11-14-5-2-1-4-13(14)10-18-15(20)6-3-9-17-16(21)12-7-8-12/h1-2,4-5,12,19H,3,6-11H2,(H,17,21)(H,18,20). The van der Waals surface area contributed by atoms with Gasteiger partial charge >= 0.3 is 0 Å². The van der Waals surface area contributed by atoms with E-state index in [4.69, 9.17) is 0 Å². The number of carbonyl (C=O) groups excluding carboxylic acids is 2. The first-order valence-corrected chi connectivity index (χ1v) is 7.42. The zero-order valence-electron chi connectivity index (χ0n) is 12.1. The van der Waals surface area contributed by atoms with Gasteiger partial charge in [-0.2, -0.15) is 0 Å². The molecule has 5 heteroatoms. The summed E-state index contributed by atoms with van der Waals surface area (Å²) >= 11 is 0. The highest BCUT2D eigenvalue weighted by molar-refractivity contribution is 5.81. The second kappa shape index (κ2) is 7.78. The summed E-state index contributed by atoms with van der Waals surface area (Å²) in [7, 11) is 0. The monoisotopic (exact) mass is 290 g/mol. The average Bonchev–Trinajstić information content (AvgIpc) is 3.34. The molecule has 0 heterocycles. The van der Waals surface area contributed by atoms with Crippen LogP contribution in [0.25, 0.3) is 0 Å². The van der Waals surface area contributed by atoms with Gasteiger partial charge in [0.2, 0.25) is 11.8 Å². The van der Waals surface area contributed by atoms with E-state index in [1.165, 1.54) is 0 Å². The van der Waals surface area contributed by atoms with E-state index >= 15 is 0 Å². The molecule has 1 aliphatic rings. The van der Waals surface area contributed by atoms with Crippen LogP contribution in [-0.2, 0) is 22.7 Å². The molecule has 5 nitrogen and oxygen atoms in total. The van der Waals surface area contributed by atoms with Crippen molar-refractivity contribution in [2.45, 2.75) is 38.8 Å². The summed E-state index contributed by atoms with van der Waals surface area (Å²) in [5.74, 6) is 0.296. The van der Waals surface area contributed by atoms with Crippen molar-refractivity contribution in [2.75, 3.05) is 6.54 Å². The lowest BCUT2D eigenvalue weighted by Gasteiger charge is -2.09. The van der Waals surface area contributed by atoms with Gasteiger partial charge in [0.05, 0.1) is 6.61 Å². The number of rotatable bonds is 8. The van der Waals surface area contributed by atoms with Crippen molar-refractivity contribution in [3.05, 3.63) is 35.4 Å². The van der Waals surface area contributed by atoms with Gasteiger partial charge in [-0.1, -0.05) is 24.3 Å². The predicted molar refractivity (Wildman–Crippen MR) is 79.2 cm³/mol. The molecular formula is C16H22N2O3. The van der Waals surface area contributed by atoms with Crippen LogP contribution in [-0.4, -0.2) is 23.5 Å². The fourth-order valence-electron chi connectivity index (χ4n) is 2.12. The van der Waals surface area contributed by atoms with Gasteiger partial charge in [0.1, 0.15) is 0 Å². The summed E-state index contributed by atoms with van der Waals surface area (Å²) in [4.78, 5) is 23.1. The first kappa shape index (κ1) is 15.5. The maximum absolute atomic E-state index is 11.7. The minimum absolute atomic E-state index is 0.0285. The van der Waals surface area contributed by atoms with E-state index in [9.17, 15) is 14.7 Å². The molecule has 2 amide bonds. The van der Waals surface area contributed by atoms with Gasteiger partial charge in [-0.05, 0) is 30.4 Å². The minimum Gasteiger partial charge on any atom is -0.392 e. The molecule has 21 heavy (non-hydrogen) atoms. The summed E-state index contributed by atoms with van der Waals surface area (Å²) < 4.78 is 0. The van der Waals surface area contributed by atoms with Crippen LogP contribution in [0.4, 0.5) is 0 Å². The third-order valence-electron chi connectivity index (χ3n) is 3.59. The van der Waals surface area contributed by atoms with Crippen LogP contribution in [0.5, 0.6) is 0 Å². The molecule has 1 aromatic rings. The lowest BCUT2D eigenvalue weighted by atomic mass is 10.1. The van der Waals surface area contributed by atoms with Gasteiger partial charge in [0.25, 0.3) is 0 Å². The topological polar surface area (TPSA) is 78.4 Å². The Hall–Kier alpha value is -1.88. The van der Waals surface area contributed by atoms with E-state index in [0.717, 1.165) is 24.0 Å². The molecule has 1 aliphatic carbocycles. The van der Waals surface area contributed by atoms with Crippen LogP contribution >= 0.6 is 0 Å². The van der Waals surface area contributed by atoms with Gasteiger partial charge in [0.15, 0.2) is 0 Å². The molecule has 0 spiro atoms. The van der Waals surface area contributed by atoms with E-state index in [1.807, 2.05) is 24.3 Å². The molecule has 1 saturated carbocycles. The Morgan fingerprint density at radius 2 is 1.86 bits per heavy atom. The Morgan fingerprint density at radius 3 is 2.52 bits per heavy atom. The van der Waals surface area contributed by atoms with Crippen LogP contribution in [0.3, 0.4) is 0 Å². The van der Waals surface area contributed by atoms with Crippen LogP contribution in [0.1, 0.15) is 36.8 Å². The molecule has 0 radical (unpaired) electrons. The summed E-state index contributed by atoms with van der Waals surface area (Å²) in [5, 5.41) is 14.9.